The van der Waals surface area contributed by atoms with E-state index in [-0.39, 0.29) is 34.8 Å². The fourth-order valence-electron chi connectivity index (χ4n) is 5.08. The van der Waals surface area contributed by atoms with Gasteiger partial charge in [0, 0.05) is 31.9 Å². The van der Waals surface area contributed by atoms with Crippen LogP contribution in [0.2, 0.25) is 0 Å². The third-order valence-electron chi connectivity index (χ3n) is 7.61. The van der Waals surface area contributed by atoms with Crippen LogP contribution < -0.4 is 20.7 Å². The average molecular weight is 654 g/mol. The van der Waals surface area contributed by atoms with Gasteiger partial charge in [0.1, 0.15) is 5.75 Å². The normalized spacial score (nSPS) is 15.5. The Bertz CT molecular complexity index is 1410. The number of unbranched alkanes of at least 4 members (excludes halogenated alkanes) is 5. The van der Waals surface area contributed by atoms with Crippen LogP contribution in [0.25, 0.3) is 0 Å². The second kappa shape index (κ2) is 17.0. The summed E-state index contributed by atoms with van der Waals surface area (Å²) in [7, 11) is -7.26. The number of hydrogen-bond donors (Lipinski definition) is 6. The molecule has 0 aliphatic carbocycles. The molecule has 0 bridgehead atoms. The lowest BCUT2D eigenvalue weighted by Crippen LogP contribution is -2.41. The van der Waals surface area contributed by atoms with Crippen molar-refractivity contribution in [3.8, 4) is 5.75 Å². The van der Waals surface area contributed by atoms with E-state index in [1.165, 1.54) is 60.3 Å². The number of amides is 2. The predicted octanol–water partition coefficient (Wildman–Crippen LogP) is 3.97. The first-order chi connectivity index (χ1) is 20.9. The summed E-state index contributed by atoms with van der Waals surface area (Å²) in [5, 5.41) is 29.2. The van der Waals surface area contributed by atoms with E-state index in [4.69, 9.17) is 0 Å². The van der Waals surface area contributed by atoms with Crippen molar-refractivity contribution in [2.75, 3.05) is 49.0 Å². The summed E-state index contributed by atoms with van der Waals surface area (Å²) in [6.07, 6.45) is 8.20. The van der Waals surface area contributed by atoms with Gasteiger partial charge >= 0.3 is 6.03 Å². The second-order valence-electron chi connectivity index (χ2n) is 11.3. The van der Waals surface area contributed by atoms with Crippen LogP contribution in [0, 0.1) is 5.92 Å². The molecule has 44 heavy (non-hydrogen) atoms. The maximum atomic E-state index is 13.2. The number of carbonyl (C=O) groups excluding carboxylic acids is 1. The summed E-state index contributed by atoms with van der Waals surface area (Å²) in [4.78, 5) is 12.3. The number of aliphatic hydroxyl groups excluding tert-OH is 1. The number of rotatable bonds is 17. The molecule has 2 aromatic carbocycles. The molecule has 14 heteroatoms. The number of hydrogen-bond acceptors (Lipinski definition) is 8. The highest BCUT2D eigenvalue weighted by Crippen LogP contribution is 2.28. The maximum absolute atomic E-state index is 13.2. The van der Waals surface area contributed by atoms with Gasteiger partial charge in [0.15, 0.2) is 0 Å². The number of aliphatic hydroxyl groups is 1. The molecule has 1 aliphatic rings. The Kier molecular flexibility index (Phi) is 13.7. The molecular formula is C30H47N5O7S2. The minimum absolute atomic E-state index is 0.00664. The van der Waals surface area contributed by atoms with E-state index in [2.05, 4.69) is 27.6 Å². The number of carbonyl (C=O) groups is 1. The van der Waals surface area contributed by atoms with Gasteiger partial charge in [0.25, 0.3) is 0 Å². The van der Waals surface area contributed by atoms with Crippen LogP contribution in [0.5, 0.6) is 5.75 Å². The molecule has 0 radical (unpaired) electrons. The highest BCUT2D eigenvalue weighted by atomic mass is 32.2. The number of anilines is 2. The third-order valence-corrected chi connectivity index (χ3v) is 10.1. The number of nitrogens with one attached hydrogen (secondary N) is 4. The Morgan fingerprint density at radius 2 is 1.64 bits per heavy atom. The average Bonchev–Trinajstić information content (AvgIpc) is 2.97. The predicted molar refractivity (Wildman–Crippen MR) is 173 cm³/mol. The Hall–Kier alpha value is -2.91. The highest BCUT2D eigenvalue weighted by Gasteiger charge is 2.29. The zero-order valence-electron chi connectivity index (χ0n) is 25.6. The molecule has 1 heterocycles. The molecule has 1 aliphatic heterocycles. The number of piperidine rings is 1. The molecule has 12 nitrogen and oxygen atoms in total. The largest absolute Gasteiger partial charge is 0.506 e. The number of urea groups is 1. The van der Waals surface area contributed by atoms with E-state index in [1.54, 1.807) is 12.1 Å². The molecule has 0 spiro atoms. The number of phenolic OH excluding ortho intramolecular Hbond substituents is 1. The summed E-state index contributed by atoms with van der Waals surface area (Å²) in [6, 6.07) is 10.1. The fourth-order valence-corrected chi connectivity index (χ4v) is 7.11. The number of phenols is 1. The van der Waals surface area contributed by atoms with E-state index in [0.717, 1.165) is 19.1 Å². The SMILES string of the molecule is CCCCCCCCNC(=O)Nc1ccc(S(=O)(=O)N2CCC(CNC[C@H](O)c3ccc(O)c(NS(C)(=O)=O)c3)CC2)cc1. The van der Waals surface area contributed by atoms with Crippen LogP contribution >= 0.6 is 0 Å². The molecule has 0 aromatic heterocycles. The molecule has 1 atom stereocenters. The molecule has 1 fully saturated rings. The van der Waals surface area contributed by atoms with Gasteiger partial charge < -0.3 is 26.2 Å². The molecule has 2 aromatic rings. The second-order valence-corrected chi connectivity index (χ2v) is 15.0. The molecule has 2 amide bonds. The van der Waals surface area contributed by atoms with Crippen LogP contribution in [0.1, 0.15) is 70.0 Å². The Morgan fingerprint density at radius 1 is 0.977 bits per heavy atom. The minimum Gasteiger partial charge on any atom is -0.506 e. The van der Waals surface area contributed by atoms with Crippen molar-refractivity contribution in [3.05, 3.63) is 48.0 Å². The van der Waals surface area contributed by atoms with Crippen LogP contribution in [-0.4, -0.2) is 76.4 Å². The van der Waals surface area contributed by atoms with Crippen LogP contribution in [0.3, 0.4) is 0 Å². The van der Waals surface area contributed by atoms with Gasteiger partial charge in [-0.3, -0.25) is 4.72 Å². The van der Waals surface area contributed by atoms with E-state index < -0.39 is 26.2 Å². The number of nitrogens with zero attached hydrogens (tertiary/aromatic N) is 1. The van der Waals surface area contributed by atoms with Crippen molar-refractivity contribution in [2.24, 2.45) is 5.92 Å². The van der Waals surface area contributed by atoms with Crippen molar-refractivity contribution in [3.63, 3.8) is 0 Å². The molecular weight excluding hydrogens is 606 g/mol. The number of sulfonamides is 2. The topological polar surface area (TPSA) is 177 Å². The van der Waals surface area contributed by atoms with Crippen molar-refractivity contribution in [1.82, 2.24) is 14.9 Å². The van der Waals surface area contributed by atoms with Crippen molar-refractivity contribution < 1.29 is 31.8 Å². The summed E-state index contributed by atoms with van der Waals surface area (Å²) in [6.45, 7) is 4.31. The lowest BCUT2D eigenvalue weighted by atomic mass is 9.98. The van der Waals surface area contributed by atoms with Gasteiger partial charge in [0.05, 0.1) is 22.9 Å². The van der Waals surface area contributed by atoms with Gasteiger partial charge in [-0.1, -0.05) is 45.1 Å². The smallest absolute Gasteiger partial charge is 0.319 e. The van der Waals surface area contributed by atoms with Gasteiger partial charge in [0.2, 0.25) is 20.0 Å². The Balaban J connectivity index is 1.40. The molecule has 0 unspecified atom stereocenters. The lowest BCUT2D eigenvalue weighted by molar-refractivity contribution is 0.169. The van der Waals surface area contributed by atoms with Gasteiger partial charge in [-0.05, 0) is 73.7 Å². The molecule has 6 N–H and O–H groups in total. The van der Waals surface area contributed by atoms with E-state index in [1.807, 2.05) is 0 Å². The van der Waals surface area contributed by atoms with Crippen molar-refractivity contribution in [2.45, 2.75) is 69.3 Å². The zero-order valence-corrected chi connectivity index (χ0v) is 27.2. The van der Waals surface area contributed by atoms with Crippen LogP contribution in [-0.2, 0) is 20.0 Å². The zero-order chi connectivity index (χ0) is 32.2. The lowest BCUT2D eigenvalue weighted by Gasteiger charge is -2.31. The number of benzene rings is 2. The maximum Gasteiger partial charge on any atom is 0.319 e. The fraction of sp³-hybridized carbons (Fsp3) is 0.567. The molecule has 246 valence electrons. The van der Waals surface area contributed by atoms with E-state index in [0.29, 0.717) is 50.3 Å². The van der Waals surface area contributed by atoms with Gasteiger partial charge in [-0.25, -0.2) is 21.6 Å². The summed E-state index contributed by atoms with van der Waals surface area (Å²) in [5.74, 6) is -0.0208. The van der Waals surface area contributed by atoms with E-state index >= 15 is 0 Å². The first kappa shape index (κ1) is 35.6. The van der Waals surface area contributed by atoms with Gasteiger partial charge in [-0.2, -0.15) is 4.31 Å². The quantitative estimate of drug-likeness (QED) is 0.110. The monoisotopic (exact) mass is 653 g/mol. The molecule has 0 saturated carbocycles. The minimum atomic E-state index is -3.67. The van der Waals surface area contributed by atoms with Crippen molar-refractivity contribution in [1.29, 1.82) is 0 Å². The third kappa shape index (κ3) is 11.5. The molecule has 3 rings (SSSR count). The summed E-state index contributed by atoms with van der Waals surface area (Å²) in [5.41, 5.74) is 0.955. The van der Waals surface area contributed by atoms with E-state index in [9.17, 15) is 31.8 Å². The highest BCUT2D eigenvalue weighted by molar-refractivity contribution is 7.92. The van der Waals surface area contributed by atoms with Crippen molar-refractivity contribution >= 4 is 37.5 Å². The van der Waals surface area contributed by atoms with Crippen LogP contribution in [0.4, 0.5) is 16.2 Å². The summed E-state index contributed by atoms with van der Waals surface area (Å²) < 4.78 is 53.1. The summed E-state index contributed by atoms with van der Waals surface area (Å²) >= 11 is 0. The first-order valence-corrected chi connectivity index (χ1v) is 18.6. The number of aromatic hydroxyl groups is 1. The Morgan fingerprint density at radius 3 is 2.30 bits per heavy atom. The first-order valence-electron chi connectivity index (χ1n) is 15.2. The Labute approximate surface area is 261 Å². The molecule has 1 saturated heterocycles. The van der Waals surface area contributed by atoms with Crippen LogP contribution in [0.15, 0.2) is 47.4 Å². The van der Waals surface area contributed by atoms with Gasteiger partial charge in [-0.15, -0.1) is 0 Å². The standard InChI is InChI=1S/C30H47N5O7S2/c1-3-4-5-6-7-8-17-32-30(38)33-25-10-12-26(13-11-25)44(41,42)35-18-15-23(16-19-35)21-31-22-29(37)24-9-14-28(36)27(20-24)34-43(2,39)40/h9-14,20,23,29,31,34,36-37H,3-8,15-19,21-22H2,1-2H3,(H2,32,33,38)/t29-/m0/s1.